The predicted octanol–water partition coefficient (Wildman–Crippen LogP) is 4.10. The van der Waals surface area contributed by atoms with Gasteiger partial charge in [0, 0.05) is 4.88 Å². The topological polar surface area (TPSA) is 12.0 Å². The second-order valence-corrected chi connectivity index (χ2v) is 6.31. The molecule has 0 saturated heterocycles. The first-order chi connectivity index (χ1) is 8.40. The van der Waals surface area contributed by atoms with Crippen LogP contribution in [0.4, 0.5) is 0 Å². The molecule has 1 aliphatic carbocycles. The quantitative estimate of drug-likeness (QED) is 0.720. The monoisotopic (exact) mass is 251 g/mol. The molecule has 0 bridgehead atoms. The highest BCUT2D eigenvalue weighted by molar-refractivity contribution is 7.09. The molecule has 2 atom stereocenters. The summed E-state index contributed by atoms with van der Waals surface area (Å²) < 4.78 is 0. The van der Waals surface area contributed by atoms with Crippen molar-refractivity contribution in [2.24, 2.45) is 11.8 Å². The number of hydrogen-bond acceptors (Lipinski definition) is 2. The van der Waals surface area contributed by atoms with E-state index in [-0.39, 0.29) is 0 Å². The number of hydrogen-bond donors (Lipinski definition) is 1. The lowest BCUT2D eigenvalue weighted by Gasteiger charge is -2.19. The van der Waals surface area contributed by atoms with Gasteiger partial charge in [-0.05, 0) is 62.1 Å². The van der Waals surface area contributed by atoms with Crippen LogP contribution in [-0.4, -0.2) is 13.1 Å². The van der Waals surface area contributed by atoms with Gasteiger partial charge in [-0.2, -0.15) is 0 Å². The Kier molecular flexibility index (Phi) is 5.53. The normalized spacial score (nSPS) is 24.3. The molecule has 1 aliphatic rings. The second-order valence-electron chi connectivity index (χ2n) is 5.27. The Morgan fingerprint density at radius 1 is 1.35 bits per heavy atom. The number of thiophene rings is 1. The summed E-state index contributed by atoms with van der Waals surface area (Å²) in [6, 6.07) is 4.46. The van der Waals surface area contributed by atoms with Crippen LogP contribution in [0.3, 0.4) is 0 Å². The van der Waals surface area contributed by atoms with E-state index in [0.29, 0.717) is 0 Å². The van der Waals surface area contributed by atoms with Crippen molar-refractivity contribution < 1.29 is 0 Å². The fraction of sp³-hybridized carbons (Fsp3) is 0.733. The molecular formula is C15H25NS. The van der Waals surface area contributed by atoms with Crippen LogP contribution < -0.4 is 5.32 Å². The molecule has 1 aromatic heterocycles. The van der Waals surface area contributed by atoms with E-state index in [9.17, 15) is 0 Å². The minimum absolute atomic E-state index is 0.946. The number of nitrogens with one attached hydrogen (secondary N) is 1. The van der Waals surface area contributed by atoms with Gasteiger partial charge in [-0.1, -0.05) is 25.8 Å². The van der Waals surface area contributed by atoms with Gasteiger partial charge in [-0.3, -0.25) is 0 Å². The summed E-state index contributed by atoms with van der Waals surface area (Å²) in [5.74, 6) is 1.92. The van der Waals surface area contributed by atoms with Crippen molar-refractivity contribution in [2.45, 2.75) is 45.4 Å². The summed E-state index contributed by atoms with van der Waals surface area (Å²) in [5.41, 5.74) is 0. The minimum Gasteiger partial charge on any atom is -0.316 e. The van der Waals surface area contributed by atoms with Gasteiger partial charge >= 0.3 is 0 Å². The van der Waals surface area contributed by atoms with Crippen molar-refractivity contribution in [3.63, 3.8) is 0 Å². The lowest BCUT2D eigenvalue weighted by Crippen LogP contribution is -2.26. The molecule has 96 valence electrons. The lowest BCUT2D eigenvalue weighted by molar-refractivity contribution is 0.348. The van der Waals surface area contributed by atoms with Gasteiger partial charge in [0.2, 0.25) is 0 Å². The van der Waals surface area contributed by atoms with Crippen molar-refractivity contribution in [2.75, 3.05) is 13.1 Å². The maximum atomic E-state index is 3.60. The van der Waals surface area contributed by atoms with Crippen molar-refractivity contribution in [1.82, 2.24) is 5.32 Å². The fourth-order valence-corrected chi connectivity index (χ4v) is 3.73. The Bertz CT molecular complexity index is 294. The highest BCUT2D eigenvalue weighted by Gasteiger charge is 2.26. The molecule has 1 nitrogen and oxygen atoms in total. The maximum Gasteiger partial charge on any atom is 0.00453 e. The molecular weight excluding hydrogens is 226 g/mol. The van der Waals surface area contributed by atoms with E-state index >= 15 is 0 Å². The average Bonchev–Trinajstić information content (AvgIpc) is 2.97. The van der Waals surface area contributed by atoms with Crippen LogP contribution in [-0.2, 0) is 6.42 Å². The van der Waals surface area contributed by atoms with Crippen LogP contribution in [0.1, 0.15) is 43.9 Å². The molecule has 0 aromatic carbocycles. The highest BCUT2D eigenvalue weighted by atomic mass is 32.1. The van der Waals surface area contributed by atoms with Gasteiger partial charge in [0.05, 0.1) is 0 Å². The molecule has 1 N–H and O–H groups in total. The average molecular weight is 251 g/mol. The molecule has 2 heteroatoms. The third kappa shape index (κ3) is 4.11. The third-order valence-electron chi connectivity index (χ3n) is 3.99. The largest absolute Gasteiger partial charge is 0.316 e. The van der Waals surface area contributed by atoms with Crippen LogP contribution in [0.25, 0.3) is 0 Å². The zero-order valence-corrected chi connectivity index (χ0v) is 11.8. The molecule has 2 rings (SSSR count). The van der Waals surface area contributed by atoms with E-state index in [1.54, 1.807) is 4.88 Å². The zero-order chi connectivity index (χ0) is 11.9. The third-order valence-corrected chi connectivity index (χ3v) is 4.93. The first-order valence-corrected chi connectivity index (χ1v) is 8.01. The van der Waals surface area contributed by atoms with E-state index in [1.807, 2.05) is 11.3 Å². The van der Waals surface area contributed by atoms with Crippen LogP contribution in [0.2, 0.25) is 0 Å². The SMILES string of the molecule is CCCNCC1CCCC1CCc1cccs1. The summed E-state index contributed by atoms with van der Waals surface area (Å²) in [5, 5.41) is 5.80. The smallest absolute Gasteiger partial charge is 0.00453 e. The van der Waals surface area contributed by atoms with E-state index < -0.39 is 0 Å². The molecule has 17 heavy (non-hydrogen) atoms. The predicted molar refractivity (Wildman–Crippen MR) is 76.6 cm³/mol. The zero-order valence-electron chi connectivity index (χ0n) is 11.0. The number of rotatable bonds is 7. The van der Waals surface area contributed by atoms with Gasteiger partial charge in [-0.15, -0.1) is 11.3 Å². The van der Waals surface area contributed by atoms with Gasteiger partial charge in [0.1, 0.15) is 0 Å². The Morgan fingerprint density at radius 2 is 2.24 bits per heavy atom. The van der Waals surface area contributed by atoms with Crippen LogP contribution in [0, 0.1) is 11.8 Å². The summed E-state index contributed by atoms with van der Waals surface area (Å²) in [6.45, 7) is 4.69. The molecule has 0 aliphatic heterocycles. The maximum absolute atomic E-state index is 3.60. The van der Waals surface area contributed by atoms with Crippen LogP contribution in [0.5, 0.6) is 0 Å². The van der Waals surface area contributed by atoms with Gasteiger partial charge in [-0.25, -0.2) is 0 Å². The van der Waals surface area contributed by atoms with Crippen LogP contribution in [0.15, 0.2) is 17.5 Å². The van der Waals surface area contributed by atoms with Crippen molar-refractivity contribution in [3.05, 3.63) is 22.4 Å². The molecule has 1 saturated carbocycles. The molecule has 1 aromatic rings. The Morgan fingerprint density at radius 3 is 3.00 bits per heavy atom. The first kappa shape index (κ1) is 13.1. The summed E-state index contributed by atoms with van der Waals surface area (Å²) in [7, 11) is 0. The van der Waals surface area contributed by atoms with E-state index in [0.717, 1.165) is 11.8 Å². The molecule has 2 unspecified atom stereocenters. The van der Waals surface area contributed by atoms with Gasteiger partial charge < -0.3 is 5.32 Å². The number of aryl methyl sites for hydroxylation is 1. The molecule has 1 fully saturated rings. The fourth-order valence-electron chi connectivity index (χ4n) is 3.01. The van der Waals surface area contributed by atoms with Crippen LogP contribution >= 0.6 is 11.3 Å². The van der Waals surface area contributed by atoms with E-state index in [2.05, 4.69) is 29.8 Å². The minimum atomic E-state index is 0.946. The molecule has 0 spiro atoms. The Hall–Kier alpha value is -0.340. The van der Waals surface area contributed by atoms with E-state index in [1.165, 1.54) is 51.6 Å². The van der Waals surface area contributed by atoms with Crippen molar-refractivity contribution >= 4 is 11.3 Å². The Balaban J connectivity index is 1.71. The van der Waals surface area contributed by atoms with Crippen molar-refractivity contribution in [3.8, 4) is 0 Å². The summed E-state index contributed by atoms with van der Waals surface area (Å²) in [6.07, 6.45) is 8.32. The van der Waals surface area contributed by atoms with Gasteiger partial charge in [0.15, 0.2) is 0 Å². The second kappa shape index (κ2) is 7.17. The Labute approximate surface area is 110 Å². The van der Waals surface area contributed by atoms with Crippen molar-refractivity contribution in [1.29, 1.82) is 0 Å². The van der Waals surface area contributed by atoms with E-state index in [4.69, 9.17) is 0 Å². The summed E-state index contributed by atoms with van der Waals surface area (Å²) >= 11 is 1.91. The van der Waals surface area contributed by atoms with Gasteiger partial charge in [0.25, 0.3) is 0 Å². The lowest BCUT2D eigenvalue weighted by atomic mass is 9.91. The molecule has 0 radical (unpaired) electrons. The molecule has 1 heterocycles. The summed E-state index contributed by atoms with van der Waals surface area (Å²) in [4.78, 5) is 1.57. The highest BCUT2D eigenvalue weighted by Crippen LogP contribution is 2.34. The standard InChI is InChI=1S/C15H25NS/c1-2-10-16-12-14-6-3-5-13(14)8-9-15-7-4-11-17-15/h4,7,11,13-14,16H,2-3,5-6,8-10,12H2,1H3. The first-order valence-electron chi connectivity index (χ1n) is 7.13. The molecule has 0 amide bonds.